The molecule has 2 aliphatic rings. The molecule has 1 aromatic carbocycles. The van der Waals surface area contributed by atoms with E-state index in [0.29, 0.717) is 5.91 Å². The molecule has 2 fully saturated rings. The molecule has 3 heterocycles. The number of benzene rings is 1. The van der Waals surface area contributed by atoms with Gasteiger partial charge in [-0.05, 0) is 43.0 Å². The normalized spacial score (nSPS) is 18.0. The first kappa shape index (κ1) is 20.4. The molecule has 0 spiro atoms. The highest BCUT2D eigenvalue weighted by Crippen LogP contribution is 2.30. The van der Waals surface area contributed by atoms with Crippen molar-refractivity contribution >= 4 is 38.3 Å². The number of hydrogen-bond acceptors (Lipinski definition) is 6. The number of nitrogens with one attached hydrogen (secondary N) is 1. The van der Waals surface area contributed by atoms with Crippen LogP contribution in [0.3, 0.4) is 0 Å². The molecular formula is C24H29N5OS. The maximum Gasteiger partial charge on any atom is 0.225 e. The van der Waals surface area contributed by atoms with Crippen LogP contribution < -0.4 is 5.32 Å². The van der Waals surface area contributed by atoms with E-state index in [2.05, 4.69) is 50.2 Å². The lowest BCUT2D eigenvalue weighted by atomic mass is 10.0. The number of carbonyl (C=O) groups excluding carboxylic acids is 1. The van der Waals surface area contributed by atoms with Gasteiger partial charge in [0, 0.05) is 56.7 Å². The predicted molar refractivity (Wildman–Crippen MR) is 126 cm³/mol. The van der Waals surface area contributed by atoms with Crippen molar-refractivity contribution < 1.29 is 4.79 Å². The van der Waals surface area contributed by atoms with Gasteiger partial charge in [-0.2, -0.15) is 0 Å². The molecule has 1 amide bonds. The van der Waals surface area contributed by atoms with E-state index in [1.165, 1.54) is 24.0 Å². The number of thiazole rings is 1. The Labute approximate surface area is 187 Å². The molecule has 5 rings (SSSR count). The zero-order valence-electron chi connectivity index (χ0n) is 18.0. The van der Waals surface area contributed by atoms with Gasteiger partial charge in [0.1, 0.15) is 0 Å². The van der Waals surface area contributed by atoms with E-state index in [-0.39, 0.29) is 5.92 Å². The van der Waals surface area contributed by atoms with Crippen molar-refractivity contribution in [2.75, 3.05) is 31.5 Å². The van der Waals surface area contributed by atoms with Crippen molar-refractivity contribution in [3.63, 3.8) is 0 Å². The quantitative estimate of drug-likeness (QED) is 0.636. The van der Waals surface area contributed by atoms with Gasteiger partial charge >= 0.3 is 0 Å². The van der Waals surface area contributed by atoms with Crippen molar-refractivity contribution in [1.29, 1.82) is 0 Å². The number of pyridine rings is 1. The van der Waals surface area contributed by atoms with Crippen LogP contribution in [0, 0.1) is 12.8 Å². The predicted octanol–water partition coefficient (Wildman–Crippen LogP) is 4.58. The molecule has 2 aromatic heterocycles. The van der Waals surface area contributed by atoms with Gasteiger partial charge in [0.15, 0.2) is 5.13 Å². The first-order valence-corrected chi connectivity index (χ1v) is 12.1. The van der Waals surface area contributed by atoms with Gasteiger partial charge in [-0.15, -0.1) is 0 Å². The zero-order chi connectivity index (χ0) is 21.2. The summed E-state index contributed by atoms with van der Waals surface area (Å²) in [6.45, 7) is 6.68. The summed E-state index contributed by atoms with van der Waals surface area (Å²) in [6.07, 6.45) is 8.24. The van der Waals surface area contributed by atoms with Gasteiger partial charge in [0.25, 0.3) is 0 Å². The third-order valence-electron chi connectivity index (χ3n) is 6.66. The lowest BCUT2D eigenvalue weighted by Crippen LogP contribution is -2.49. The molecule has 6 nitrogen and oxygen atoms in total. The molecule has 0 unspecified atom stereocenters. The minimum atomic E-state index is 0.287. The van der Waals surface area contributed by atoms with E-state index >= 15 is 0 Å². The Morgan fingerprint density at radius 3 is 2.74 bits per heavy atom. The highest BCUT2D eigenvalue weighted by atomic mass is 32.1. The van der Waals surface area contributed by atoms with Gasteiger partial charge in [-0.1, -0.05) is 36.3 Å². The Bertz CT molecular complexity index is 1030. The van der Waals surface area contributed by atoms with Crippen LogP contribution in [0.25, 0.3) is 10.2 Å². The molecule has 7 heteroatoms. The summed E-state index contributed by atoms with van der Waals surface area (Å²) in [5.74, 6) is 0.681. The number of anilines is 2. The first-order chi connectivity index (χ1) is 15.2. The summed E-state index contributed by atoms with van der Waals surface area (Å²) in [5, 5.41) is 4.39. The highest BCUT2D eigenvalue weighted by Gasteiger charge is 2.29. The number of carbonyl (C=O) groups is 1. The molecule has 162 valence electrons. The van der Waals surface area contributed by atoms with Crippen molar-refractivity contribution in [2.45, 2.75) is 39.2 Å². The second-order valence-electron chi connectivity index (χ2n) is 8.66. The highest BCUT2D eigenvalue weighted by molar-refractivity contribution is 7.22. The van der Waals surface area contributed by atoms with Crippen LogP contribution in [0.4, 0.5) is 10.8 Å². The van der Waals surface area contributed by atoms with Crippen molar-refractivity contribution in [3.05, 3.63) is 47.8 Å². The van der Waals surface area contributed by atoms with Crippen LogP contribution in [0.15, 0.2) is 36.7 Å². The smallest absolute Gasteiger partial charge is 0.225 e. The minimum Gasteiger partial charge on any atom is -0.340 e. The Morgan fingerprint density at radius 1 is 1.16 bits per heavy atom. The van der Waals surface area contributed by atoms with E-state index in [9.17, 15) is 4.79 Å². The number of rotatable bonds is 5. The molecule has 0 atom stereocenters. The Morgan fingerprint density at radius 2 is 1.97 bits per heavy atom. The lowest BCUT2D eigenvalue weighted by Gasteiger charge is -2.36. The SMILES string of the molecule is Cc1c(CN2CCN(C(=O)C3CCCC3)CC2)cccc1Nc1nc2ccncc2s1. The Balaban J connectivity index is 1.22. The van der Waals surface area contributed by atoms with E-state index in [1.54, 1.807) is 17.5 Å². The third-order valence-corrected chi connectivity index (χ3v) is 7.58. The van der Waals surface area contributed by atoms with Crippen LogP contribution >= 0.6 is 11.3 Å². The van der Waals surface area contributed by atoms with Crippen LogP contribution in [-0.4, -0.2) is 51.9 Å². The average Bonchev–Trinajstić information content (AvgIpc) is 3.46. The van der Waals surface area contributed by atoms with Crippen LogP contribution in [-0.2, 0) is 11.3 Å². The number of amides is 1. The summed E-state index contributed by atoms with van der Waals surface area (Å²) in [5.41, 5.74) is 4.65. The molecule has 1 aliphatic carbocycles. The molecule has 31 heavy (non-hydrogen) atoms. The first-order valence-electron chi connectivity index (χ1n) is 11.2. The largest absolute Gasteiger partial charge is 0.340 e. The Kier molecular flexibility index (Phi) is 5.87. The molecule has 3 aromatic rings. The number of fused-ring (bicyclic) bond motifs is 1. The number of nitrogens with zero attached hydrogens (tertiary/aromatic N) is 4. The third kappa shape index (κ3) is 4.43. The number of hydrogen-bond donors (Lipinski definition) is 1. The van der Waals surface area contributed by atoms with E-state index in [0.717, 1.165) is 66.6 Å². The fraction of sp³-hybridized carbons (Fsp3) is 0.458. The van der Waals surface area contributed by atoms with E-state index < -0.39 is 0 Å². The van der Waals surface area contributed by atoms with Crippen LogP contribution in [0.5, 0.6) is 0 Å². The molecule has 1 N–H and O–H groups in total. The van der Waals surface area contributed by atoms with Crippen LogP contribution in [0.1, 0.15) is 36.8 Å². The second-order valence-corrected chi connectivity index (χ2v) is 9.69. The second kappa shape index (κ2) is 8.93. The van der Waals surface area contributed by atoms with Crippen molar-refractivity contribution in [2.24, 2.45) is 5.92 Å². The minimum absolute atomic E-state index is 0.287. The summed E-state index contributed by atoms with van der Waals surface area (Å²) in [7, 11) is 0. The molecule has 1 saturated carbocycles. The van der Waals surface area contributed by atoms with E-state index in [4.69, 9.17) is 0 Å². The molecular weight excluding hydrogens is 406 g/mol. The monoisotopic (exact) mass is 435 g/mol. The maximum absolute atomic E-state index is 12.7. The summed E-state index contributed by atoms with van der Waals surface area (Å²) in [4.78, 5) is 26.1. The standard InChI is InChI=1S/C24H29N5OS/c1-17-19(16-28-11-13-29(14-12-28)23(30)18-5-2-3-6-18)7-4-8-20(17)26-24-27-21-9-10-25-15-22(21)31-24/h4,7-10,15,18H,2-3,5-6,11-14,16H2,1H3,(H,26,27). The molecule has 0 radical (unpaired) electrons. The average molecular weight is 436 g/mol. The summed E-state index contributed by atoms with van der Waals surface area (Å²) in [6, 6.07) is 8.37. The van der Waals surface area contributed by atoms with Crippen molar-refractivity contribution in [1.82, 2.24) is 19.8 Å². The van der Waals surface area contributed by atoms with E-state index in [1.807, 2.05) is 12.3 Å². The molecule has 1 saturated heterocycles. The van der Waals surface area contributed by atoms with Gasteiger partial charge in [0.2, 0.25) is 5.91 Å². The van der Waals surface area contributed by atoms with Gasteiger partial charge in [0.05, 0.1) is 10.2 Å². The topological polar surface area (TPSA) is 61.4 Å². The van der Waals surface area contributed by atoms with Gasteiger partial charge in [-0.3, -0.25) is 14.7 Å². The number of aromatic nitrogens is 2. The number of piperazine rings is 1. The summed E-state index contributed by atoms with van der Waals surface area (Å²) >= 11 is 1.62. The zero-order valence-corrected chi connectivity index (χ0v) is 18.8. The molecule has 0 bridgehead atoms. The van der Waals surface area contributed by atoms with Crippen molar-refractivity contribution in [3.8, 4) is 0 Å². The van der Waals surface area contributed by atoms with Crippen LogP contribution in [0.2, 0.25) is 0 Å². The van der Waals surface area contributed by atoms with Gasteiger partial charge in [-0.25, -0.2) is 4.98 Å². The summed E-state index contributed by atoms with van der Waals surface area (Å²) < 4.78 is 1.09. The van der Waals surface area contributed by atoms with Gasteiger partial charge < -0.3 is 10.2 Å². The molecule has 1 aliphatic heterocycles. The Hall–Kier alpha value is -2.51. The maximum atomic E-state index is 12.7. The fourth-order valence-corrected chi connectivity index (χ4v) is 5.58. The fourth-order valence-electron chi connectivity index (χ4n) is 4.74. The lowest BCUT2D eigenvalue weighted by molar-refractivity contribution is -0.137.